The van der Waals surface area contributed by atoms with Crippen LogP contribution in [0.3, 0.4) is 0 Å². The number of H-pyrrole nitrogens is 2. The lowest BCUT2D eigenvalue weighted by molar-refractivity contribution is 0.975. The van der Waals surface area contributed by atoms with Crippen molar-refractivity contribution in [3.8, 4) is 5.95 Å². The lowest BCUT2D eigenvalue weighted by Gasteiger charge is -1.96. The lowest BCUT2D eigenvalue weighted by Crippen LogP contribution is -2.05. The summed E-state index contributed by atoms with van der Waals surface area (Å²) in [4.78, 5) is 37.4. The number of aromatic nitrogens is 8. The molecule has 0 aliphatic carbocycles. The van der Waals surface area contributed by atoms with Crippen molar-refractivity contribution in [3.05, 3.63) is 35.5 Å². The van der Waals surface area contributed by atoms with E-state index in [1.54, 1.807) is 17.1 Å². The molecule has 0 atom stereocenters. The second-order valence-corrected chi connectivity index (χ2v) is 3.84. The van der Waals surface area contributed by atoms with Crippen LogP contribution in [0.25, 0.3) is 28.3 Å². The molecular weight excluding hydrogens is 248 g/mol. The first-order valence-electron chi connectivity index (χ1n) is 5.40. The Labute approximate surface area is 104 Å². The van der Waals surface area contributed by atoms with Crippen molar-refractivity contribution in [1.82, 2.24) is 39.5 Å². The molecule has 0 aromatic carbocycles. The maximum absolute atomic E-state index is 11.6. The zero-order valence-corrected chi connectivity index (χ0v) is 9.40. The first-order valence-corrected chi connectivity index (χ1v) is 5.40. The monoisotopic (exact) mass is 254 g/mol. The fraction of sp³-hybridized carbons (Fsp3) is 0. The highest BCUT2D eigenvalue weighted by molar-refractivity contribution is 5.74. The average Bonchev–Trinajstić information content (AvgIpc) is 3.02. The molecule has 92 valence electrons. The minimum absolute atomic E-state index is 0.275. The van der Waals surface area contributed by atoms with E-state index in [1.807, 2.05) is 0 Å². The van der Waals surface area contributed by atoms with Gasteiger partial charge in [-0.3, -0.25) is 9.36 Å². The second kappa shape index (κ2) is 3.45. The van der Waals surface area contributed by atoms with E-state index in [1.165, 1.54) is 12.7 Å². The molecule has 9 nitrogen and oxygen atoms in total. The van der Waals surface area contributed by atoms with Gasteiger partial charge >= 0.3 is 0 Å². The van der Waals surface area contributed by atoms with Gasteiger partial charge in [-0.25, -0.2) is 19.9 Å². The number of nitrogens with one attached hydrogen (secondary N) is 2. The van der Waals surface area contributed by atoms with E-state index < -0.39 is 0 Å². The van der Waals surface area contributed by atoms with E-state index in [4.69, 9.17) is 0 Å². The summed E-state index contributed by atoms with van der Waals surface area (Å²) in [5.74, 6) is 0.431. The molecule has 9 heteroatoms. The SMILES string of the molecule is O=c1[nH]cnc2nc(-n3cnc4cncnc43)[nH]c12. The van der Waals surface area contributed by atoms with Gasteiger partial charge in [-0.1, -0.05) is 0 Å². The topological polar surface area (TPSA) is 118 Å². The first-order chi connectivity index (χ1) is 9.33. The van der Waals surface area contributed by atoms with E-state index in [-0.39, 0.29) is 5.56 Å². The third-order valence-electron chi connectivity index (χ3n) is 2.72. The Morgan fingerprint density at radius 1 is 1.21 bits per heavy atom. The molecule has 19 heavy (non-hydrogen) atoms. The molecule has 0 spiro atoms. The van der Waals surface area contributed by atoms with Gasteiger partial charge in [0, 0.05) is 0 Å². The van der Waals surface area contributed by atoms with Crippen molar-refractivity contribution in [3.63, 3.8) is 0 Å². The Hall–Kier alpha value is -3.10. The van der Waals surface area contributed by atoms with Crippen molar-refractivity contribution in [2.45, 2.75) is 0 Å². The van der Waals surface area contributed by atoms with E-state index in [0.717, 1.165) is 0 Å². The van der Waals surface area contributed by atoms with Crippen LogP contribution in [0, 0.1) is 0 Å². The van der Waals surface area contributed by atoms with Gasteiger partial charge in [-0.15, -0.1) is 0 Å². The molecule has 0 saturated heterocycles. The molecule has 2 N–H and O–H groups in total. The number of nitrogens with zero attached hydrogens (tertiary/aromatic N) is 6. The minimum atomic E-state index is -0.275. The van der Waals surface area contributed by atoms with Gasteiger partial charge in [-0.05, 0) is 0 Å². The summed E-state index contributed by atoms with van der Waals surface area (Å²) >= 11 is 0. The number of rotatable bonds is 1. The molecule has 4 heterocycles. The number of imidazole rings is 2. The smallest absolute Gasteiger partial charge is 0.276 e. The second-order valence-electron chi connectivity index (χ2n) is 3.84. The summed E-state index contributed by atoms with van der Waals surface area (Å²) < 4.78 is 1.64. The summed E-state index contributed by atoms with van der Waals surface area (Å²) in [6, 6.07) is 0. The largest absolute Gasteiger partial charge is 0.317 e. The Morgan fingerprint density at radius 3 is 3.05 bits per heavy atom. The molecular formula is C10H6N8O. The van der Waals surface area contributed by atoms with Crippen LogP contribution in [-0.4, -0.2) is 39.5 Å². The Bertz CT molecular complexity index is 949. The minimum Gasteiger partial charge on any atom is -0.317 e. The van der Waals surface area contributed by atoms with E-state index in [9.17, 15) is 4.79 Å². The number of hydrogen-bond donors (Lipinski definition) is 2. The summed E-state index contributed by atoms with van der Waals surface area (Å²) in [5, 5.41) is 0. The molecule has 4 rings (SSSR count). The van der Waals surface area contributed by atoms with Crippen molar-refractivity contribution in [1.29, 1.82) is 0 Å². The van der Waals surface area contributed by atoms with Crippen LogP contribution in [0.5, 0.6) is 0 Å². The third kappa shape index (κ3) is 1.35. The summed E-state index contributed by atoms with van der Waals surface area (Å²) in [6.07, 6.45) is 5.90. The summed E-state index contributed by atoms with van der Waals surface area (Å²) in [5.41, 5.74) is 1.63. The zero-order chi connectivity index (χ0) is 12.8. The van der Waals surface area contributed by atoms with Crippen LogP contribution in [0.2, 0.25) is 0 Å². The molecule has 0 bridgehead atoms. The molecule has 4 aromatic rings. The van der Waals surface area contributed by atoms with Crippen molar-refractivity contribution in [2.75, 3.05) is 0 Å². The van der Waals surface area contributed by atoms with E-state index >= 15 is 0 Å². The Kier molecular flexibility index (Phi) is 1.79. The number of aromatic amines is 2. The van der Waals surface area contributed by atoms with Gasteiger partial charge < -0.3 is 9.97 Å². The Morgan fingerprint density at radius 2 is 2.16 bits per heavy atom. The van der Waals surface area contributed by atoms with Crippen LogP contribution in [0.15, 0.2) is 30.0 Å². The fourth-order valence-corrected chi connectivity index (χ4v) is 1.86. The molecule has 0 aliphatic heterocycles. The molecule has 0 radical (unpaired) electrons. The van der Waals surface area contributed by atoms with Crippen molar-refractivity contribution >= 4 is 22.3 Å². The highest BCUT2D eigenvalue weighted by Gasteiger charge is 2.11. The quantitative estimate of drug-likeness (QED) is 0.484. The molecule has 0 amide bonds. The van der Waals surface area contributed by atoms with Crippen LogP contribution >= 0.6 is 0 Å². The summed E-state index contributed by atoms with van der Waals surface area (Å²) in [6.45, 7) is 0. The maximum atomic E-state index is 11.6. The molecule has 0 fully saturated rings. The molecule has 4 aromatic heterocycles. The van der Waals surface area contributed by atoms with Gasteiger partial charge in [0.05, 0.1) is 12.5 Å². The highest BCUT2D eigenvalue weighted by Crippen LogP contribution is 2.13. The van der Waals surface area contributed by atoms with Gasteiger partial charge in [-0.2, -0.15) is 4.98 Å². The van der Waals surface area contributed by atoms with Crippen molar-refractivity contribution in [2.24, 2.45) is 0 Å². The Balaban J connectivity index is 2.04. The average molecular weight is 254 g/mol. The lowest BCUT2D eigenvalue weighted by atomic mass is 10.5. The van der Waals surface area contributed by atoms with E-state index in [2.05, 4.69) is 34.9 Å². The van der Waals surface area contributed by atoms with Crippen LogP contribution in [0.1, 0.15) is 0 Å². The molecule has 0 aliphatic rings. The predicted octanol–water partition coefficient (Wildman–Crippen LogP) is -0.225. The maximum Gasteiger partial charge on any atom is 0.276 e. The van der Waals surface area contributed by atoms with Gasteiger partial charge in [0.15, 0.2) is 16.8 Å². The van der Waals surface area contributed by atoms with Crippen LogP contribution in [0.4, 0.5) is 0 Å². The standard InChI is InChI=1S/C10H6N8O/c19-9-6-7(12-3-14-9)17-10(16-6)18-4-15-5-1-11-2-13-8(5)18/h1-4H,(H2,12,14,16,17,19). The van der Waals surface area contributed by atoms with Crippen LogP contribution < -0.4 is 5.56 Å². The van der Waals surface area contributed by atoms with Gasteiger partial charge in [0.2, 0.25) is 5.95 Å². The summed E-state index contributed by atoms with van der Waals surface area (Å²) in [7, 11) is 0. The van der Waals surface area contributed by atoms with Crippen LogP contribution in [-0.2, 0) is 0 Å². The fourth-order valence-electron chi connectivity index (χ4n) is 1.86. The zero-order valence-electron chi connectivity index (χ0n) is 9.40. The number of hydrogen-bond acceptors (Lipinski definition) is 6. The molecule has 0 unspecified atom stereocenters. The number of fused-ring (bicyclic) bond motifs is 2. The highest BCUT2D eigenvalue weighted by atomic mass is 16.1. The predicted molar refractivity (Wildman–Crippen MR) is 64.7 cm³/mol. The van der Waals surface area contributed by atoms with Gasteiger partial charge in [0.25, 0.3) is 5.56 Å². The first kappa shape index (κ1) is 9.88. The van der Waals surface area contributed by atoms with E-state index in [0.29, 0.717) is 28.3 Å². The third-order valence-corrected chi connectivity index (χ3v) is 2.72. The van der Waals surface area contributed by atoms with Crippen molar-refractivity contribution < 1.29 is 0 Å². The van der Waals surface area contributed by atoms with Gasteiger partial charge in [0.1, 0.15) is 18.2 Å². The molecule has 0 saturated carbocycles. The normalized spacial score (nSPS) is 11.4.